The molecule has 0 aromatic heterocycles. The molecule has 0 fully saturated rings. The third kappa shape index (κ3) is 6.63. The van der Waals surface area contributed by atoms with Crippen molar-refractivity contribution in [3.63, 3.8) is 0 Å². The Morgan fingerprint density at radius 2 is 1.79 bits per heavy atom. The third-order valence-electron chi connectivity index (χ3n) is 4.44. The Morgan fingerprint density at radius 3 is 2.18 bits per heavy atom. The highest BCUT2D eigenvalue weighted by atomic mass is 16.5. The summed E-state index contributed by atoms with van der Waals surface area (Å²) in [6, 6.07) is -1.14. The van der Waals surface area contributed by atoms with Gasteiger partial charge in [0.05, 0.1) is 18.4 Å². The summed E-state index contributed by atoms with van der Waals surface area (Å²) in [6.07, 6.45) is 1.38. The molecule has 0 aliphatic carbocycles. The number of likely N-dealkylation sites (N-methyl/N-ethyl adjacent to an activating group) is 1. The van der Waals surface area contributed by atoms with Gasteiger partial charge in [0.1, 0.15) is 6.04 Å². The van der Waals surface area contributed by atoms with Crippen LogP contribution >= 0.6 is 0 Å². The Kier molecular flexibility index (Phi) is 10.4. The van der Waals surface area contributed by atoms with Gasteiger partial charge in [0.2, 0.25) is 17.7 Å². The molecule has 2 unspecified atom stereocenters. The fraction of sp³-hybridized carbons (Fsp3) is 0.684. The molecular weight excluding hydrogens is 366 g/mol. The van der Waals surface area contributed by atoms with Crippen molar-refractivity contribution in [3.8, 4) is 0 Å². The number of carbonyl (C=O) groups is 4. The number of hydrogen-bond donors (Lipinski definition) is 3. The molecule has 0 heterocycles. The lowest BCUT2D eigenvalue weighted by atomic mass is 9.81. The lowest BCUT2D eigenvalue weighted by Crippen LogP contribution is -2.59. The van der Waals surface area contributed by atoms with Crippen LogP contribution in [0.5, 0.6) is 0 Å². The van der Waals surface area contributed by atoms with Gasteiger partial charge < -0.3 is 15.0 Å². The van der Waals surface area contributed by atoms with E-state index in [-0.39, 0.29) is 25.3 Å². The van der Waals surface area contributed by atoms with E-state index >= 15 is 0 Å². The molecule has 0 aliphatic rings. The molecule has 28 heavy (non-hydrogen) atoms. The minimum Gasteiger partial charge on any atom is -0.469 e. The first-order valence-electron chi connectivity index (χ1n) is 9.12. The van der Waals surface area contributed by atoms with Crippen LogP contribution in [0.4, 0.5) is 0 Å². The Hall–Kier alpha value is -2.42. The van der Waals surface area contributed by atoms with Crippen LogP contribution in [0, 0.1) is 17.3 Å². The van der Waals surface area contributed by atoms with Crippen molar-refractivity contribution in [2.75, 3.05) is 20.7 Å². The summed E-state index contributed by atoms with van der Waals surface area (Å²) in [4.78, 5) is 51.3. The topological polar surface area (TPSA) is 125 Å². The van der Waals surface area contributed by atoms with Gasteiger partial charge in [0.25, 0.3) is 0 Å². The molecule has 0 saturated heterocycles. The van der Waals surface area contributed by atoms with E-state index in [1.165, 1.54) is 39.0 Å². The molecule has 0 aromatic carbocycles. The van der Waals surface area contributed by atoms with Crippen LogP contribution in [0.3, 0.4) is 0 Å². The molecular formula is C19H33N3O6. The van der Waals surface area contributed by atoms with E-state index < -0.39 is 41.1 Å². The highest BCUT2D eigenvalue weighted by Crippen LogP contribution is 2.29. The number of carbonyl (C=O) groups excluding carboxylic acids is 4. The van der Waals surface area contributed by atoms with Gasteiger partial charge in [-0.3, -0.25) is 24.4 Å². The van der Waals surface area contributed by atoms with E-state index in [1.54, 1.807) is 5.48 Å². The predicted molar refractivity (Wildman–Crippen MR) is 103 cm³/mol. The van der Waals surface area contributed by atoms with Crippen molar-refractivity contribution in [2.24, 2.45) is 17.3 Å². The summed E-state index contributed by atoms with van der Waals surface area (Å²) < 4.78 is 4.83. The zero-order chi connectivity index (χ0) is 22.1. The molecule has 3 amide bonds. The van der Waals surface area contributed by atoms with Crippen LogP contribution in [-0.4, -0.2) is 60.5 Å². The molecule has 9 nitrogen and oxygen atoms in total. The number of nitrogens with zero attached hydrogens (tertiary/aromatic N) is 1. The Bertz CT molecular complexity index is 588. The van der Waals surface area contributed by atoms with Crippen LogP contribution in [0.25, 0.3) is 0 Å². The Balaban J connectivity index is 6.07. The fourth-order valence-electron chi connectivity index (χ4n) is 3.02. The van der Waals surface area contributed by atoms with Crippen molar-refractivity contribution in [1.82, 2.24) is 15.7 Å². The van der Waals surface area contributed by atoms with Crippen molar-refractivity contribution in [3.05, 3.63) is 12.7 Å². The maximum absolute atomic E-state index is 13.1. The summed E-state index contributed by atoms with van der Waals surface area (Å²) in [5.41, 5.74) is 0.218. The fourth-order valence-corrected chi connectivity index (χ4v) is 3.02. The van der Waals surface area contributed by atoms with E-state index in [4.69, 9.17) is 9.94 Å². The number of hydroxylamine groups is 1. The third-order valence-corrected chi connectivity index (χ3v) is 4.44. The molecule has 0 rings (SSSR count). The molecule has 0 aliphatic heterocycles. The number of nitrogens with one attached hydrogen (secondary N) is 2. The average Bonchev–Trinajstić information content (AvgIpc) is 2.64. The van der Waals surface area contributed by atoms with Gasteiger partial charge in [-0.2, -0.15) is 0 Å². The second kappa shape index (κ2) is 11.4. The molecule has 0 aromatic rings. The first-order chi connectivity index (χ1) is 13.0. The molecule has 160 valence electrons. The number of ether oxygens (including phenoxy) is 1. The number of methoxy groups -OCH3 is 1. The van der Waals surface area contributed by atoms with Crippen molar-refractivity contribution < 1.29 is 29.1 Å². The van der Waals surface area contributed by atoms with E-state index in [2.05, 4.69) is 11.9 Å². The molecule has 9 heteroatoms. The summed E-state index contributed by atoms with van der Waals surface area (Å²) in [7, 11) is 2.63. The monoisotopic (exact) mass is 399 g/mol. The zero-order valence-corrected chi connectivity index (χ0v) is 17.6. The highest BCUT2D eigenvalue weighted by molar-refractivity contribution is 5.94. The second-order valence-corrected chi connectivity index (χ2v) is 7.57. The van der Waals surface area contributed by atoms with Crippen molar-refractivity contribution in [2.45, 2.75) is 46.6 Å². The van der Waals surface area contributed by atoms with Gasteiger partial charge in [-0.15, -0.1) is 6.58 Å². The average molecular weight is 399 g/mol. The SMILES string of the molecule is C=CCC(CC(=O)N(CC(C)C)C(C(=O)NC)C(C)(C)C(=O)OC)C(=O)NO. The van der Waals surface area contributed by atoms with Crippen molar-refractivity contribution >= 4 is 23.7 Å². The largest absolute Gasteiger partial charge is 0.469 e. The number of esters is 1. The van der Waals surface area contributed by atoms with Crippen LogP contribution in [0.15, 0.2) is 12.7 Å². The van der Waals surface area contributed by atoms with Crippen LogP contribution in [-0.2, 0) is 23.9 Å². The Morgan fingerprint density at radius 1 is 1.21 bits per heavy atom. The maximum atomic E-state index is 13.1. The van der Waals surface area contributed by atoms with E-state index in [0.717, 1.165) is 0 Å². The number of allylic oxidation sites excluding steroid dienone is 1. The molecule has 0 spiro atoms. The molecule has 0 radical (unpaired) electrons. The van der Waals surface area contributed by atoms with E-state index in [9.17, 15) is 19.2 Å². The minimum absolute atomic E-state index is 0.00549. The van der Waals surface area contributed by atoms with Crippen LogP contribution in [0.2, 0.25) is 0 Å². The molecule has 0 saturated carbocycles. The summed E-state index contributed by atoms with van der Waals surface area (Å²) >= 11 is 0. The first-order valence-corrected chi connectivity index (χ1v) is 9.12. The van der Waals surface area contributed by atoms with E-state index in [1.807, 2.05) is 13.8 Å². The van der Waals surface area contributed by atoms with Gasteiger partial charge in [-0.25, -0.2) is 5.48 Å². The van der Waals surface area contributed by atoms with Gasteiger partial charge in [0.15, 0.2) is 0 Å². The lowest BCUT2D eigenvalue weighted by molar-refractivity contribution is -0.162. The quantitative estimate of drug-likeness (QED) is 0.205. The summed E-state index contributed by atoms with van der Waals surface area (Å²) in [6.45, 7) is 10.5. The highest BCUT2D eigenvalue weighted by Gasteiger charge is 2.47. The minimum atomic E-state index is -1.33. The predicted octanol–water partition coefficient (Wildman–Crippen LogP) is 0.873. The van der Waals surface area contributed by atoms with E-state index in [0.29, 0.717) is 0 Å². The van der Waals surface area contributed by atoms with Crippen molar-refractivity contribution in [1.29, 1.82) is 0 Å². The number of rotatable bonds is 11. The number of amides is 3. The normalized spacial score (nSPS) is 13.3. The summed E-state index contributed by atoms with van der Waals surface area (Å²) in [5.74, 6) is -3.23. The van der Waals surface area contributed by atoms with Crippen LogP contribution in [0.1, 0.15) is 40.5 Å². The Labute approximate surface area is 166 Å². The van der Waals surface area contributed by atoms with Gasteiger partial charge in [-0.1, -0.05) is 19.9 Å². The van der Waals surface area contributed by atoms with Gasteiger partial charge in [-0.05, 0) is 26.2 Å². The summed E-state index contributed by atoms with van der Waals surface area (Å²) in [5, 5.41) is 11.4. The second-order valence-electron chi connectivity index (χ2n) is 7.57. The zero-order valence-electron chi connectivity index (χ0n) is 17.6. The molecule has 2 atom stereocenters. The van der Waals surface area contributed by atoms with Crippen LogP contribution < -0.4 is 10.8 Å². The van der Waals surface area contributed by atoms with Gasteiger partial charge >= 0.3 is 5.97 Å². The number of hydrogen-bond acceptors (Lipinski definition) is 6. The lowest BCUT2D eigenvalue weighted by Gasteiger charge is -2.40. The molecule has 3 N–H and O–H groups in total. The standard InChI is InChI=1S/C19H33N3O6/c1-8-9-13(16(24)21-27)10-14(23)22(11-12(2)3)15(17(25)20-6)19(4,5)18(26)28-7/h8,12-13,15,27H,1,9-11H2,2-7H3,(H,20,25)(H,21,24). The molecule has 0 bridgehead atoms. The maximum Gasteiger partial charge on any atom is 0.313 e. The van der Waals surface area contributed by atoms with Gasteiger partial charge in [0, 0.05) is 20.0 Å². The smallest absolute Gasteiger partial charge is 0.313 e. The first kappa shape index (κ1) is 25.6.